The van der Waals surface area contributed by atoms with Crippen LogP contribution in [-0.2, 0) is 10.5 Å². The van der Waals surface area contributed by atoms with Crippen LogP contribution in [0.15, 0.2) is 24.4 Å². The average Bonchev–Trinajstić information content (AvgIpc) is 2.62. The predicted octanol–water partition coefficient (Wildman–Crippen LogP) is 1.28. The van der Waals surface area contributed by atoms with Crippen molar-refractivity contribution in [1.82, 2.24) is 25.4 Å². The van der Waals surface area contributed by atoms with Gasteiger partial charge in [0.25, 0.3) is 0 Å². The predicted molar refractivity (Wildman–Crippen MR) is 97.4 cm³/mol. The van der Waals surface area contributed by atoms with Gasteiger partial charge in [-0.1, -0.05) is 19.9 Å². The number of carbonyl (C=O) groups is 2. The summed E-state index contributed by atoms with van der Waals surface area (Å²) in [6.45, 7) is 4.23. The second kappa shape index (κ2) is 7.31. The topological polar surface area (TPSA) is 77.6 Å². The normalized spacial score (nSPS) is 30.0. The van der Waals surface area contributed by atoms with Crippen LogP contribution in [0.2, 0.25) is 0 Å². The Morgan fingerprint density at radius 3 is 2.64 bits per heavy atom. The minimum atomic E-state index is -0.337. The standard InChI is InChI=1S/C17H25N5O2S/c1-10(2)13-19-14-12(16(23)22(4)17(24)21(14)3)15(20-13)25-9-11-7-5-6-8-18-11/h5-8,10,12-15,19-20H,9H2,1-4H3. The molecule has 3 heterocycles. The van der Waals surface area contributed by atoms with Gasteiger partial charge in [0, 0.05) is 26.0 Å². The Hall–Kier alpha value is -1.64. The van der Waals surface area contributed by atoms with Crippen LogP contribution in [0.3, 0.4) is 0 Å². The zero-order valence-electron chi connectivity index (χ0n) is 15.0. The molecule has 3 amide bonds. The summed E-state index contributed by atoms with van der Waals surface area (Å²) in [6, 6.07) is 5.57. The van der Waals surface area contributed by atoms with Crippen LogP contribution in [0.25, 0.3) is 0 Å². The van der Waals surface area contributed by atoms with Crippen LogP contribution >= 0.6 is 11.8 Å². The number of carbonyl (C=O) groups excluding carboxylic acids is 2. The quantitative estimate of drug-likeness (QED) is 0.839. The highest BCUT2D eigenvalue weighted by Gasteiger charge is 2.51. The fourth-order valence-corrected chi connectivity index (χ4v) is 4.50. The number of amides is 3. The van der Waals surface area contributed by atoms with Crippen LogP contribution < -0.4 is 10.6 Å². The van der Waals surface area contributed by atoms with E-state index in [0.29, 0.717) is 11.7 Å². The highest BCUT2D eigenvalue weighted by Crippen LogP contribution is 2.33. The fraction of sp³-hybridized carbons (Fsp3) is 0.588. The summed E-state index contributed by atoms with van der Waals surface area (Å²) >= 11 is 1.67. The van der Waals surface area contributed by atoms with E-state index in [1.54, 1.807) is 37.0 Å². The molecule has 0 saturated carbocycles. The summed E-state index contributed by atoms with van der Waals surface area (Å²) in [4.78, 5) is 32.3. The first-order valence-electron chi connectivity index (χ1n) is 8.48. The Morgan fingerprint density at radius 2 is 2.00 bits per heavy atom. The molecule has 0 radical (unpaired) electrons. The summed E-state index contributed by atoms with van der Waals surface area (Å²) in [5.74, 6) is 0.559. The monoisotopic (exact) mass is 363 g/mol. The van der Waals surface area contributed by atoms with Gasteiger partial charge in [-0.05, 0) is 18.1 Å². The van der Waals surface area contributed by atoms with Crippen LogP contribution in [0.4, 0.5) is 4.79 Å². The minimum Gasteiger partial charge on any atom is -0.311 e. The van der Waals surface area contributed by atoms with Crippen LogP contribution in [-0.4, -0.2) is 58.5 Å². The van der Waals surface area contributed by atoms with Gasteiger partial charge in [0.1, 0.15) is 0 Å². The van der Waals surface area contributed by atoms with E-state index >= 15 is 0 Å². The Kier molecular flexibility index (Phi) is 5.31. The van der Waals surface area contributed by atoms with Crippen molar-refractivity contribution in [2.24, 2.45) is 11.8 Å². The third kappa shape index (κ3) is 3.51. The number of nitrogens with zero attached hydrogens (tertiary/aromatic N) is 3. The SMILES string of the molecule is CC(C)C1NC(SCc2ccccn2)C2C(=O)N(C)C(=O)N(C)C2N1. The second-order valence-electron chi connectivity index (χ2n) is 6.87. The molecule has 7 nitrogen and oxygen atoms in total. The number of fused-ring (bicyclic) bond motifs is 1. The maximum Gasteiger partial charge on any atom is 0.327 e. The summed E-state index contributed by atoms with van der Waals surface area (Å²) in [5, 5.41) is 6.89. The van der Waals surface area contributed by atoms with Crippen molar-refractivity contribution in [1.29, 1.82) is 0 Å². The van der Waals surface area contributed by atoms with Crippen LogP contribution in [0.1, 0.15) is 19.5 Å². The molecule has 2 N–H and O–H groups in total. The fourth-order valence-electron chi connectivity index (χ4n) is 3.27. The van der Waals surface area contributed by atoms with E-state index in [0.717, 1.165) is 5.69 Å². The van der Waals surface area contributed by atoms with E-state index in [4.69, 9.17) is 0 Å². The number of hydrogen-bond acceptors (Lipinski definition) is 6. The van der Waals surface area contributed by atoms with Gasteiger partial charge < -0.3 is 4.90 Å². The van der Waals surface area contributed by atoms with E-state index in [1.807, 2.05) is 18.2 Å². The third-order valence-corrected chi connectivity index (χ3v) is 6.04. The van der Waals surface area contributed by atoms with Gasteiger partial charge >= 0.3 is 6.03 Å². The van der Waals surface area contributed by atoms with Gasteiger partial charge in [0.2, 0.25) is 5.91 Å². The molecule has 2 aliphatic rings. The van der Waals surface area contributed by atoms with Crippen molar-refractivity contribution >= 4 is 23.7 Å². The van der Waals surface area contributed by atoms with Crippen molar-refractivity contribution in [3.63, 3.8) is 0 Å². The van der Waals surface area contributed by atoms with Gasteiger partial charge in [0.05, 0.1) is 29.3 Å². The molecular formula is C17H25N5O2S. The van der Waals surface area contributed by atoms with Crippen LogP contribution in [0, 0.1) is 11.8 Å². The summed E-state index contributed by atoms with van der Waals surface area (Å²) in [7, 11) is 3.30. The molecule has 8 heteroatoms. The lowest BCUT2D eigenvalue weighted by molar-refractivity contribution is -0.140. The van der Waals surface area contributed by atoms with Crippen molar-refractivity contribution in [2.75, 3.05) is 14.1 Å². The summed E-state index contributed by atoms with van der Waals surface area (Å²) in [5.41, 5.74) is 0.978. The Bertz CT molecular complexity index is 641. The maximum absolute atomic E-state index is 12.8. The second-order valence-corrected chi connectivity index (χ2v) is 8.00. The van der Waals surface area contributed by atoms with E-state index in [1.165, 1.54) is 4.90 Å². The molecule has 4 unspecified atom stereocenters. The van der Waals surface area contributed by atoms with E-state index in [2.05, 4.69) is 29.5 Å². The molecule has 1 aromatic heterocycles. The summed E-state index contributed by atoms with van der Waals surface area (Å²) < 4.78 is 0. The number of nitrogens with one attached hydrogen (secondary N) is 2. The smallest absolute Gasteiger partial charge is 0.311 e. The molecule has 2 aliphatic heterocycles. The van der Waals surface area contributed by atoms with Crippen LogP contribution in [0.5, 0.6) is 0 Å². The number of aromatic nitrogens is 1. The molecule has 0 spiro atoms. The Balaban J connectivity index is 1.83. The van der Waals surface area contributed by atoms with Gasteiger partial charge in [0.15, 0.2) is 0 Å². The maximum atomic E-state index is 12.8. The zero-order valence-corrected chi connectivity index (χ0v) is 15.8. The van der Waals surface area contributed by atoms with Gasteiger partial charge in [-0.25, -0.2) is 4.79 Å². The van der Waals surface area contributed by atoms with Gasteiger partial charge in [-0.3, -0.25) is 25.3 Å². The molecule has 4 atom stereocenters. The number of pyridine rings is 1. The molecule has 0 aromatic carbocycles. The molecule has 0 bridgehead atoms. The molecule has 3 rings (SSSR count). The molecule has 136 valence electrons. The Morgan fingerprint density at radius 1 is 1.24 bits per heavy atom. The van der Waals surface area contributed by atoms with E-state index < -0.39 is 0 Å². The molecule has 0 aliphatic carbocycles. The number of urea groups is 1. The minimum absolute atomic E-state index is 0.0361. The first kappa shape index (κ1) is 18.2. The molecule has 2 fully saturated rings. The molecule has 2 saturated heterocycles. The number of rotatable bonds is 4. The lowest BCUT2D eigenvalue weighted by Gasteiger charge is -2.51. The highest BCUT2D eigenvalue weighted by molar-refractivity contribution is 7.99. The van der Waals surface area contributed by atoms with Gasteiger partial charge in [-0.2, -0.15) is 0 Å². The first-order valence-corrected chi connectivity index (χ1v) is 9.53. The van der Waals surface area contributed by atoms with E-state index in [9.17, 15) is 9.59 Å². The third-order valence-electron chi connectivity index (χ3n) is 4.79. The van der Waals surface area contributed by atoms with Crippen molar-refractivity contribution in [2.45, 2.75) is 37.3 Å². The van der Waals surface area contributed by atoms with Crippen molar-refractivity contribution in [3.05, 3.63) is 30.1 Å². The van der Waals surface area contributed by atoms with Crippen molar-refractivity contribution in [3.8, 4) is 0 Å². The number of thioether (sulfide) groups is 1. The average molecular weight is 363 g/mol. The molecule has 25 heavy (non-hydrogen) atoms. The number of imide groups is 1. The largest absolute Gasteiger partial charge is 0.327 e. The van der Waals surface area contributed by atoms with E-state index in [-0.39, 0.29) is 35.6 Å². The van der Waals surface area contributed by atoms with Crippen molar-refractivity contribution < 1.29 is 9.59 Å². The lowest BCUT2D eigenvalue weighted by Crippen LogP contribution is -2.75. The Labute approximate surface area is 152 Å². The highest BCUT2D eigenvalue weighted by atomic mass is 32.2. The van der Waals surface area contributed by atoms with Gasteiger partial charge in [-0.15, -0.1) is 11.8 Å². The molecular weight excluding hydrogens is 338 g/mol. The first-order chi connectivity index (χ1) is 11.9. The summed E-state index contributed by atoms with van der Waals surface area (Å²) in [6.07, 6.45) is 1.51. The number of hydrogen-bond donors (Lipinski definition) is 2. The lowest BCUT2D eigenvalue weighted by atomic mass is 9.95. The zero-order chi connectivity index (χ0) is 18.1. The molecule has 1 aromatic rings.